The van der Waals surface area contributed by atoms with Crippen LogP contribution in [0.4, 0.5) is 18.9 Å². The number of rotatable bonds is 7. The lowest BCUT2D eigenvalue weighted by Crippen LogP contribution is -2.28. The Morgan fingerprint density at radius 3 is 2.68 bits per heavy atom. The topological polar surface area (TPSA) is 111 Å². The van der Waals surface area contributed by atoms with Gasteiger partial charge < -0.3 is 10.1 Å². The summed E-state index contributed by atoms with van der Waals surface area (Å²) in [5.74, 6) is -1.19. The molecule has 0 saturated heterocycles. The molecule has 0 bridgehead atoms. The van der Waals surface area contributed by atoms with Crippen LogP contribution in [-0.2, 0) is 10.2 Å². The van der Waals surface area contributed by atoms with E-state index in [0.29, 0.717) is 40.6 Å². The Hall–Kier alpha value is -3.93. The van der Waals surface area contributed by atoms with Gasteiger partial charge in [0, 0.05) is 29.1 Å². The van der Waals surface area contributed by atoms with Crippen LogP contribution in [0.25, 0.3) is 17.1 Å². The van der Waals surface area contributed by atoms with E-state index in [-0.39, 0.29) is 11.3 Å². The quantitative estimate of drug-likeness (QED) is 0.404. The van der Waals surface area contributed by atoms with Gasteiger partial charge in [-0.15, -0.1) is 5.10 Å². The number of halogens is 4. The summed E-state index contributed by atoms with van der Waals surface area (Å²) in [6, 6.07) is 8.38. The minimum absolute atomic E-state index is 0.120. The fourth-order valence-corrected chi connectivity index (χ4v) is 3.90. The highest BCUT2D eigenvalue weighted by atomic mass is 35.5. The van der Waals surface area contributed by atoms with Crippen LogP contribution in [-0.4, -0.2) is 42.9 Å². The second-order valence-electron chi connectivity index (χ2n) is 7.64. The lowest BCUT2D eigenvalue weighted by molar-refractivity contribution is -0.118. The van der Waals surface area contributed by atoms with E-state index in [1.807, 2.05) is 0 Å². The molecule has 0 atom stereocenters. The normalized spacial score (nSPS) is 14.3. The number of ether oxygens (including phenoxy) is 1. The highest BCUT2D eigenvalue weighted by Crippen LogP contribution is 2.50. The maximum atomic E-state index is 14.7. The van der Waals surface area contributed by atoms with Crippen molar-refractivity contribution in [3.05, 3.63) is 65.2 Å². The predicted molar refractivity (Wildman–Crippen MR) is 114 cm³/mol. The predicted octanol–water partition coefficient (Wildman–Crippen LogP) is 4.12. The fourth-order valence-electron chi connectivity index (χ4n) is 3.76. The number of aromatic amines is 1. The van der Waals surface area contributed by atoms with Crippen molar-refractivity contribution in [2.75, 3.05) is 5.32 Å². The van der Waals surface area contributed by atoms with Crippen LogP contribution in [0, 0.1) is 5.82 Å². The summed E-state index contributed by atoms with van der Waals surface area (Å²) in [4.78, 5) is 13.2. The second kappa shape index (κ2) is 8.45. The van der Waals surface area contributed by atoms with Crippen molar-refractivity contribution >= 4 is 23.2 Å². The summed E-state index contributed by atoms with van der Waals surface area (Å²) < 4.78 is 45.3. The average Bonchev–Trinajstić information content (AvgIpc) is 3.20. The number of alkyl halides is 2. The fraction of sp³-hybridized carbons (Fsp3) is 0.190. The van der Waals surface area contributed by atoms with Crippen LogP contribution in [0.15, 0.2) is 48.8 Å². The Balaban J connectivity index is 1.43. The van der Waals surface area contributed by atoms with E-state index in [0.717, 1.165) is 6.07 Å². The molecular weight excluding hydrogens is 475 g/mol. The highest BCUT2D eigenvalue weighted by Gasteiger charge is 2.52. The number of tetrazole rings is 1. The third-order valence-electron chi connectivity index (χ3n) is 5.52. The number of anilines is 1. The zero-order chi connectivity index (χ0) is 23.9. The first kappa shape index (κ1) is 21.9. The van der Waals surface area contributed by atoms with E-state index in [1.54, 1.807) is 24.4 Å². The summed E-state index contributed by atoms with van der Waals surface area (Å²) in [7, 11) is 0. The molecule has 2 aromatic carbocycles. The zero-order valence-electron chi connectivity index (χ0n) is 17.2. The number of benzene rings is 2. The molecule has 174 valence electrons. The SMILES string of the molecule is O=C(Nc1ccc(-n2cc(Cl)cn2)c(-c2nnn[nH]2)c1)C1(c2ccc(OC(F)F)cc2F)CC1. The first-order chi connectivity index (χ1) is 16.4. The number of hydrogen-bond donors (Lipinski definition) is 2. The third-order valence-corrected chi connectivity index (χ3v) is 5.71. The van der Waals surface area contributed by atoms with E-state index in [2.05, 4.69) is 35.8 Å². The molecule has 0 radical (unpaired) electrons. The molecule has 2 N–H and O–H groups in total. The van der Waals surface area contributed by atoms with Gasteiger partial charge in [-0.1, -0.05) is 17.7 Å². The van der Waals surface area contributed by atoms with Crippen molar-refractivity contribution in [2.45, 2.75) is 24.9 Å². The molecule has 5 rings (SSSR count). The van der Waals surface area contributed by atoms with Gasteiger partial charge in [-0.25, -0.2) is 14.2 Å². The standard InChI is InChI=1S/C21H15ClF3N7O2/c22-11-9-26-32(10-11)17-4-1-12(7-14(17)18-28-30-31-29-18)27-19(33)21(5-6-21)15-3-2-13(8-16(15)23)34-20(24)25/h1-4,7-10,20H,5-6H2,(H,27,33)(H,28,29,30,31). The van der Waals surface area contributed by atoms with Gasteiger partial charge in [-0.2, -0.15) is 13.9 Å². The van der Waals surface area contributed by atoms with Crippen LogP contribution >= 0.6 is 11.6 Å². The van der Waals surface area contributed by atoms with Gasteiger partial charge in [0.05, 0.1) is 22.3 Å². The van der Waals surface area contributed by atoms with E-state index in [1.165, 1.54) is 23.0 Å². The van der Waals surface area contributed by atoms with Crippen molar-refractivity contribution in [3.63, 3.8) is 0 Å². The average molecular weight is 490 g/mol. The lowest BCUT2D eigenvalue weighted by Gasteiger charge is -2.18. The highest BCUT2D eigenvalue weighted by molar-refractivity contribution is 6.30. The minimum atomic E-state index is -3.07. The molecule has 9 nitrogen and oxygen atoms in total. The summed E-state index contributed by atoms with van der Waals surface area (Å²) in [6.45, 7) is -3.07. The number of aromatic nitrogens is 6. The third kappa shape index (κ3) is 4.07. The molecule has 4 aromatic rings. The number of amides is 1. The number of carbonyl (C=O) groups excluding carboxylic acids is 1. The van der Waals surface area contributed by atoms with E-state index in [4.69, 9.17) is 11.6 Å². The summed E-state index contributed by atoms with van der Waals surface area (Å²) in [5, 5.41) is 21.2. The molecule has 0 unspecified atom stereocenters. The molecule has 2 heterocycles. The number of H-pyrrole nitrogens is 1. The first-order valence-electron chi connectivity index (χ1n) is 10.0. The summed E-state index contributed by atoms with van der Waals surface area (Å²) in [6.07, 6.45) is 3.90. The molecule has 1 aliphatic rings. The van der Waals surface area contributed by atoms with E-state index < -0.39 is 23.8 Å². The van der Waals surface area contributed by atoms with Gasteiger partial charge in [0.1, 0.15) is 11.6 Å². The van der Waals surface area contributed by atoms with Gasteiger partial charge in [0.2, 0.25) is 5.91 Å². The molecule has 34 heavy (non-hydrogen) atoms. The van der Waals surface area contributed by atoms with Crippen molar-refractivity contribution in [1.82, 2.24) is 30.4 Å². The smallest absolute Gasteiger partial charge is 0.387 e. The first-order valence-corrected chi connectivity index (χ1v) is 10.4. The van der Waals surface area contributed by atoms with Crippen molar-refractivity contribution in [2.24, 2.45) is 0 Å². The van der Waals surface area contributed by atoms with Crippen LogP contribution in [0.5, 0.6) is 5.75 Å². The Morgan fingerprint density at radius 1 is 1.24 bits per heavy atom. The second-order valence-corrected chi connectivity index (χ2v) is 8.08. The largest absolute Gasteiger partial charge is 0.435 e. The minimum Gasteiger partial charge on any atom is -0.435 e. The molecule has 0 spiro atoms. The monoisotopic (exact) mass is 489 g/mol. The Labute approximate surface area is 194 Å². The van der Waals surface area contributed by atoms with Crippen molar-refractivity contribution in [1.29, 1.82) is 0 Å². The number of nitrogens with zero attached hydrogens (tertiary/aromatic N) is 5. The molecule has 1 saturated carbocycles. The Morgan fingerprint density at radius 2 is 2.06 bits per heavy atom. The van der Waals surface area contributed by atoms with Gasteiger partial charge >= 0.3 is 6.61 Å². The maximum absolute atomic E-state index is 14.7. The zero-order valence-corrected chi connectivity index (χ0v) is 17.9. The number of nitrogens with one attached hydrogen (secondary N) is 2. The van der Waals surface area contributed by atoms with Gasteiger partial charge in [0.15, 0.2) is 5.82 Å². The van der Waals surface area contributed by atoms with E-state index in [9.17, 15) is 18.0 Å². The maximum Gasteiger partial charge on any atom is 0.387 e. The summed E-state index contributed by atoms with van der Waals surface area (Å²) >= 11 is 5.99. The lowest BCUT2D eigenvalue weighted by atomic mass is 9.94. The number of hydrogen-bond acceptors (Lipinski definition) is 6. The van der Waals surface area contributed by atoms with Crippen LogP contribution < -0.4 is 10.1 Å². The van der Waals surface area contributed by atoms with Gasteiger partial charge in [-0.05, 0) is 47.5 Å². The Bertz CT molecular complexity index is 1360. The molecule has 1 fully saturated rings. The van der Waals surface area contributed by atoms with Crippen LogP contribution in [0.1, 0.15) is 18.4 Å². The van der Waals surface area contributed by atoms with Gasteiger partial charge in [0.25, 0.3) is 0 Å². The van der Waals surface area contributed by atoms with Crippen LogP contribution in [0.2, 0.25) is 5.02 Å². The molecule has 0 aliphatic heterocycles. The Kier molecular flexibility index (Phi) is 5.44. The van der Waals surface area contributed by atoms with Crippen molar-refractivity contribution in [3.8, 4) is 22.8 Å². The van der Waals surface area contributed by atoms with Gasteiger partial charge in [-0.3, -0.25) is 4.79 Å². The molecule has 1 aliphatic carbocycles. The van der Waals surface area contributed by atoms with Crippen LogP contribution in [0.3, 0.4) is 0 Å². The number of carbonyl (C=O) groups is 1. The van der Waals surface area contributed by atoms with E-state index >= 15 is 0 Å². The molecular formula is C21H15ClF3N7O2. The molecule has 1 amide bonds. The summed E-state index contributed by atoms with van der Waals surface area (Å²) in [5.41, 5.74) is 0.574. The molecule has 2 aromatic heterocycles. The van der Waals surface area contributed by atoms with Crippen molar-refractivity contribution < 1.29 is 22.7 Å². The molecule has 13 heteroatoms.